The van der Waals surface area contributed by atoms with Gasteiger partial charge in [0.1, 0.15) is 6.04 Å². The monoisotopic (exact) mass is 776 g/mol. The number of nitrogens with two attached hydrogens (primary N) is 1. The van der Waals surface area contributed by atoms with E-state index in [9.17, 15) is 19.2 Å². The smallest absolute Gasteiger partial charge is 1.00 e. The number of benzene rings is 1. The van der Waals surface area contributed by atoms with Gasteiger partial charge in [0, 0.05) is 17.7 Å². The molecule has 18 heteroatoms. The molecule has 0 bridgehead atoms. The number of aromatic amines is 1. The number of rotatable bonds is 9. The number of carbonyl (C=O) groups excluding carboxylic acids is 1. The minimum Gasteiger partial charge on any atom is -1.00 e. The molecule has 3 aromatic rings. The van der Waals surface area contributed by atoms with Gasteiger partial charge in [-0.1, -0.05) is 0 Å². The van der Waals surface area contributed by atoms with Gasteiger partial charge in [-0.05, 0) is 30.7 Å². The van der Waals surface area contributed by atoms with E-state index in [2.05, 4.69) is 30.6 Å². The summed E-state index contributed by atoms with van der Waals surface area (Å²) in [5.74, 6) is -3.16. The maximum atomic E-state index is 12.3. The van der Waals surface area contributed by atoms with Crippen molar-refractivity contribution in [1.82, 2.24) is 25.3 Å². The number of carboxylic acid groups (broad SMARTS) is 2. The maximum absolute atomic E-state index is 12.3. The Hall–Kier alpha value is -2.70. The number of hydrogen-bond acceptors (Lipinski definition) is 9. The van der Waals surface area contributed by atoms with Gasteiger partial charge in [0.05, 0.1) is 18.4 Å². The second-order valence-electron chi connectivity index (χ2n) is 6.71. The molecule has 13 nitrogen and oxygen atoms in total. The number of carboxylic acids is 2. The van der Waals surface area contributed by atoms with E-state index in [1.165, 1.54) is 18.3 Å². The number of nitrogens with one attached hydrogen (secondary N) is 3. The number of nitrogen functional groups attached to an aromatic ring is 1. The number of anilines is 2. The molecule has 1 atom stereocenters. The van der Waals surface area contributed by atoms with E-state index in [4.69, 9.17) is 15.9 Å². The van der Waals surface area contributed by atoms with Gasteiger partial charge in [0.15, 0.2) is 11.2 Å². The number of hydrogen-bond donors (Lipinski definition) is 6. The van der Waals surface area contributed by atoms with Crippen LogP contribution in [0.2, 0.25) is 0 Å². The summed E-state index contributed by atoms with van der Waals surface area (Å²) < 4.78 is 0. The van der Waals surface area contributed by atoms with Crippen molar-refractivity contribution in [2.24, 2.45) is 0 Å². The zero-order valence-corrected chi connectivity index (χ0v) is 23.7. The zero-order valence-electron chi connectivity index (χ0n) is 18.4. The third-order valence-electron chi connectivity index (χ3n) is 4.36. The van der Waals surface area contributed by atoms with Crippen LogP contribution >= 0.6 is 0 Å². The third-order valence-corrected chi connectivity index (χ3v) is 4.36. The number of amides is 1. The molecule has 0 saturated heterocycles. The molecular formula is C19H19Cl4N7O6Pt. The van der Waals surface area contributed by atoms with Gasteiger partial charge >= 0.3 is 33.0 Å². The number of nitrogens with zero attached hydrogens (tertiary/aromatic N) is 3. The summed E-state index contributed by atoms with van der Waals surface area (Å²) in [6.45, 7) is 0.231. The van der Waals surface area contributed by atoms with Crippen LogP contribution in [-0.2, 0) is 37.2 Å². The zero-order chi connectivity index (χ0) is 23.3. The first kappa shape index (κ1) is 38.8. The van der Waals surface area contributed by atoms with Gasteiger partial charge in [0.2, 0.25) is 5.95 Å². The van der Waals surface area contributed by atoms with Gasteiger partial charge in [-0.25, -0.2) is 14.8 Å². The molecule has 37 heavy (non-hydrogen) atoms. The van der Waals surface area contributed by atoms with Gasteiger partial charge in [0.25, 0.3) is 11.5 Å². The second-order valence-corrected chi connectivity index (χ2v) is 6.71. The SMILES string of the molecule is Nc1nc2ncc(CNc3ccc(C(=O)NC(CCC(=O)O)C(=O)O)cc3)nc2c(=O)[nH]1.[Cl-].[Cl-].[Cl-].[Cl-].[Pt+4]. The minimum atomic E-state index is -1.31. The number of H-pyrrole nitrogens is 1. The molecule has 0 aliphatic carbocycles. The average molecular weight is 778 g/mol. The van der Waals surface area contributed by atoms with Crippen molar-refractivity contribution in [2.45, 2.75) is 25.4 Å². The van der Waals surface area contributed by atoms with E-state index in [1.807, 2.05) is 0 Å². The summed E-state index contributed by atoms with van der Waals surface area (Å²) in [5, 5.41) is 23.2. The van der Waals surface area contributed by atoms with Crippen LogP contribution in [0, 0.1) is 0 Å². The van der Waals surface area contributed by atoms with Crippen molar-refractivity contribution in [3.63, 3.8) is 0 Å². The summed E-state index contributed by atoms with van der Waals surface area (Å²) >= 11 is 0. The molecular weight excluding hydrogens is 759 g/mol. The number of aromatic nitrogens is 4. The summed E-state index contributed by atoms with van der Waals surface area (Å²) in [7, 11) is 0. The van der Waals surface area contributed by atoms with Crippen LogP contribution in [0.1, 0.15) is 28.9 Å². The average Bonchev–Trinajstić information content (AvgIpc) is 2.75. The van der Waals surface area contributed by atoms with E-state index in [0.717, 1.165) is 0 Å². The molecule has 204 valence electrons. The molecule has 0 saturated carbocycles. The molecule has 1 amide bonds. The van der Waals surface area contributed by atoms with E-state index in [-0.39, 0.29) is 113 Å². The third kappa shape index (κ3) is 11.1. The number of aliphatic carboxylic acids is 2. The quantitative estimate of drug-likeness (QED) is 0.120. The molecule has 2 heterocycles. The Morgan fingerprint density at radius 1 is 1.03 bits per heavy atom. The minimum absolute atomic E-state index is 0. The van der Waals surface area contributed by atoms with Crippen LogP contribution in [-0.4, -0.2) is 54.0 Å². The Kier molecular flexibility index (Phi) is 18.6. The van der Waals surface area contributed by atoms with Crippen LogP contribution in [0.4, 0.5) is 11.6 Å². The van der Waals surface area contributed by atoms with Crippen molar-refractivity contribution in [3.05, 3.63) is 52.1 Å². The topological polar surface area (TPSA) is 213 Å². The Labute approximate surface area is 248 Å². The number of carbonyl (C=O) groups is 3. The van der Waals surface area contributed by atoms with Gasteiger partial charge in [-0.15, -0.1) is 0 Å². The molecule has 3 rings (SSSR count). The molecule has 0 spiro atoms. The Bertz CT molecular complexity index is 1250. The summed E-state index contributed by atoms with van der Waals surface area (Å²) in [4.78, 5) is 60.6. The fourth-order valence-corrected chi connectivity index (χ4v) is 2.75. The number of fused-ring (bicyclic) bond motifs is 1. The maximum Gasteiger partial charge on any atom is 4.00 e. The van der Waals surface area contributed by atoms with Crippen molar-refractivity contribution < 1.29 is 95.3 Å². The van der Waals surface area contributed by atoms with E-state index in [0.29, 0.717) is 11.4 Å². The fraction of sp³-hybridized carbons (Fsp3) is 0.211. The van der Waals surface area contributed by atoms with Crippen molar-refractivity contribution in [3.8, 4) is 0 Å². The molecule has 1 unspecified atom stereocenters. The van der Waals surface area contributed by atoms with Gasteiger partial charge < -0.3 is 76.2 Å². The van der Waals surface area contributed by atoms with Crippen molar-refractivity contribution in [2.75, 3.05) is 11.1 Å². The number of halogens is 4. The van der Waals surface area contributed by atoms with Gasteiger partial charge in [-0.2, -0.15) is 4.98 Å². The molecule has 0 radical (unpaired) electrons. The second kappa shape index (κ2) is 17.7. The molecule has 0 aliphatic rings. The van der Waals surface area contributed by atoms with Crippen LogP contribution in [0.3, 0.4) is 0 Å². The summed E-state index contributed by atoms with van der Waals surface area (Å²) in [5.41, 5.74) is 6.47. The van der Waals surface area contributed by atoms with E-state index >= 15 is 0 Å². The first-order valence-electron chi connectivity index (χ1n) is 9.33. The summed E-state index contributed by atoms with van der Waals surface area (Å²) in [6.07, 6.45) is 0.840. The Morgan fingerprint density at radius 3 is 2.22 bits per heavy atom. The van der Waals surface area contributed by atoms with Crippen LogP contribution in [0.15, 0.2) is 35.3 Å². The molecule has 2 aromatic heterocycles. The molecule has 7 N–H and O–H groups in total. The largest absolute Gasteiger partial charge is 4.00 e. The van der Waals surface area contributed by atoms with Crippen LogP contribution < -0.4 is 71.6 Å². The van der Waals surface area contributed by atoms with Crippen LogP contribution in [0.5, 0.6) is 0 Å². The fourth-order valence-electron chi connectivity index (χ4n) is 2.75. The van der Waals surface area contributed by atoms with Crippen molar-refractivity contribution in [1.29, 1.82) is 0 Å². The Balaban J connectivity index is -0.00000231. The van der Waals surface area contributed by atoms with E-state index in [1.54, 1.807) is 12.1 Å². The predicted octanol–water partition coefficient (Wildman–Crippen LogP) is -12.0. The van der Waals surface area contributed by atoms with Crippen molar-refractivity contribution >= 4 is 40.6 Å². The molecule has 0 aliphatic heterocycles. The van der Waals surface area contributed by atoms with Crippen LogP contribution in [0.25, 0.3) is 11.2 Å². The normalized spacial score (nSPS) is 10.1. The standard InChI is InChI=1S/C19H19N7O6.4ClH.Pt/c20-19-25-15-14(17(30)26-19)23-11(8-22-15)7-21-10-3-1-9(2-4-10)16(29)24-12(18(31)32)5-6-13(27)28;;;;;/h1-4,8,12,21H,5-7H2,(H,24,29)(H,27,28)(H,31,32)(H3,20,22,25,26,30);4*1H;/q;;;;;+4/p-4. The molecule has 1 aromatic carbocycles. The van der Waals surface area contributed by atoms with E-state index < -0.39 is 29.4 Å². The first-order valence-corrected chi connectivity index (χ1v) is 9.33. The Morgan fingerprint density at radius 2 is 1.65 bits per heavy atom. The summed E-state index contributed by atoms with van der Waals surface area (Å²) in [6, 6.07) is 4.86. The molecule has 0 fully saturated rings. The first-order chi connectivity index (χ1) is 15.2. The van der Waals surface area contributed by atoms with Gasteiger partial charge in [-0.3, -0.25) is 19.4 Å². The predicted molar refractivity (Wildman–Crippen MR) is 112 cm³/mol.